The summed E-state index contributed by atoms with van der Waals surface area (Å²) in [5.41, 5.74) is 2.32. The van der Waals surface area contributed by atoms with E-state index in [-0.39, 0.29) is 11.2 Å². The summed E-state index contributed by atoms with van der Waals surface area (Å²) in [5.74, 6) is 0.123. The molecule has 0 N–H and O–H groups in total. The first kappa shape index (κ1) is 10.4. The molecular weight excluding hydrogens is 188 g/mol. The summed E-state index contributed by atoms with van der Waals surface area (Å²) >= 11 is 0. The fourth-order valence-corrected chi connectivity index (χ4v) is 2.00. The topological polar surface area (TPSA) is 26.3 Å². The van der Waals surface area contributed by atoms with Gasteiger partial charge in [-0.25, -0.2) is 0 Å². The first-order valence-electron chi connectivity index (χ1n) is 5.28. The highest BCUT2D eigenvalue weighted by Gasteiger charge is 2.44. The van der Waals surface area contributed by atoms with Crippen molar-refractivity contribution in [1.82, 2.24) is 0 Å². The van der Waals surface area contributed by atoms with Crippen LogP contribution in [0.15, 0.2) is 24.3 Å². The van der Waals surface area contributed by atoms with Gasteiger partial charge in [0.25, 0.3) is 0 Å². The molecule has 1 saturated carbocycles. The third-order valence-electron chi connectivity index (χ3n) is 3.18. The van der Waals surface area contributed by atoms with Gasteiger partial charge in [-0.1, -0.05) is 24.3 Å². The Morgan fingerprint density at radius 2 is 1.93 bits per heavy atom. The molecule has 0 amide bonds. The number of ketones is 1. The molecule has 0 unspecified atom stereocenters. The molecule has 1 aromatic rings. The molecular formula is C13H16O2. The molecule has 15 heavy (non-hydrogen) atoms. The Morgan fingerprint density at radius 3 is 2.33 bits per heavy atom. The monoisotopic (exact) mass is 204 g/mol. The minimum Gasteiger partial charge on any atom is -0.384 e. The zero-order valence-corrected chi connectivity index (χ0v) is 9.25. The summed E-state index contributed by atoms with van der Waals surface area (Å²) in [4.78, 5) is 11.1. The predicted octanol–water partition coefficient (Wildman–Crippen LogP) is 2.57. The van der Waals surface area contributed by atoms with Crippen molar-refractivity contribution < 1.29 is 9.53 Å². The Labute approximate surface area is 90.3 Å². The van der Waals surface area contributed by atoms with Crippen molar-refractivity contribution >= 4 is 5.78 Å². The van der Waals surface area contributed by atoms with Gasteiger partial charge in [0.2, 0.25) is 0 Å². The van der Waals surface area contributed by atoms with E-state index in [2.05, 4.69) is 12.1 Å². The summed E-state index contributed by atoms with van der Waals surface area (Å²) in [6.07, 6.45) is 2.39. The van der Waals surface area contributed by atoms with Crippen LogP contribution >= 0.6 is 0 Å². The van der Waals surface area contributed by atoms with E-state index in [1.54, 1.807) is 14.0 Å². The maximum Gasteiger partial charge on any atom is 0.159 e. The average Bonchev–Trinajstić information content (AvgIpc) is 3.00. The van der Waals surface area contributed by atoms with Gasteiger partial charge in [0, 0.05) is 18.1 Å². The van der Waals surface area contributed by atoms with Gasteiger partial charge in [-0.2, -0.15) is 0 Å². The van der Waals surface area contributed by atoms with E-state index < -0.39 is 0 Å². The molecule has 2 nitrogen and oxygen atoms in total. The normalized spacial score (nSPS) is 17.5. The van der Waals surface area contributed by atoms with Crippen LogP contribution in [0.5, 0.6) is 0 Å². The standard InChI is InChI=1S/C13H16O2/c1-10(14)11-3-5-12(6-4-11)13(7-8-13)9-15-2/h3-6H,7-9H2,1-2H3. The van der Waals surface area contributed by atoms with Gasteiger partial charge in [-0.05, 0) is 25.3 Å². The summed E-state index contributed by atoms with van der Waals surface area (Å²) in [6.45, 7) is 2.38. The van der Waals surface area contributed by atoms with Crippen molar-refractivity contribution in [3.8, 4) is 0 Å². The van der Waals surface area contributed by atoms with E-state index in [1.165, 1.54) is 18.4 Å². The number of ether oxygens (including phenoxy) is 1. The lowest BCUT2D eigenvalue weighted by Crippen LogP contribution is -2.13. The van der Waals surface area contributed by atoms with E-state index in [9.17, 15) is 4.79 Å². The van der Waals surface area contributed by atoms with Gasteiger partial charge in [-0.3, -0.25) is 4.79 Å². The van der Waals surface area contributed by atoms with E-state index >= 15 is 0 Å². The number of carbonyl (C=O) groups excluding carboxylic acids is 1. The fraction of sp³-hybridized carbons (Fsp3) is 0.462. The summed E-state index contributed by atoms with van der Waals surface area (Å²) in [5, 5.41) is 0. The van der Waals surface area contributed by atoms with Gasteiger partial charge >= 0.3 is 0 Å². The lowest BCUT2D eigenvalue weighted by Gasteiger charge is -2.14. The van der Waals surface area contributed by atoms with Crippen LogP contribution in [-0.4, -0.2) is 19.5 Å². The van der Waals surface area contributed by atoms with Crippen LogP contribution in [0.2, 0.25) is 0 Å². The number of methoxy groups -OCH3 is 1. The van der Waals surface area contributed by atoms with E-state index in [1.807, 2.05) is 12.1 Å². The Morgan fingerprint density at radius 1 is 1.33 bits per heavy atom. The molecule has 1 aliphatic rings. The molecule has 0 saturated heterocycles. The van der Waals surface area contributed by atoms with Crippen molar-refractivity contribution in [2.45, 2.75) is 25.2 Å². The van der Waals surface area contributed by atoms with E-state index in [0.717, 1.165) is 12.2 Å². The lowest BCUT2D eigenvalue weighted by atomic mass is 9.95. The van der Waals surface area contributed by atoms with Crippen molar-refractivity contribution in [3.05, 3.63) is 35.4 Å². The zero-order chi connectivity index (χ0) is 10.9. The second kappa shape index (κ2) is 3.78. The summed E-state index contributed by atoms with van der Waals surface area (Å²) in [6, 6.07) is 7.94. The third kappa shape index (κ3) is 1.95. The summed E-state index contributed by atoms with van der Waals surface area (Å²) < 4.78 is 5.23. The number of hydrogen-bond acceptors (Lipinski definition) is 2. The number of carbonyl (C=O) groups is 1. The van der Waals surface area contributed by atoms with Gasteiger partial charge in [0.05, 0.1) is 6.61 Å². The molecule has 2 heteroatoms. The maximum absolute atomic E-state index is 11.1. The molecule has 2 rings (SSSR count). The third-order valence-corrected chi connectivity index (χ3v) is 3.18. The van der Waals surface area contributed by atoms with Crippen LogP contribution in [0.4, 0.5) is 0 Å². The van der Waals surface area contributed by atoms with E-state index in [0.29, 0.717) is 0 Å². The molecule has 0 bridgehead atoms. The number of Topliss-reactive ketones (excluding diaryl/α,β-unsaturated/α-hetero) is 1. The van der Waals surface area contributed by atoms with Gasteiger partial charge in [0.1, 0.15) is 0 Å². The summed E-state index contributed by atoms with van der Waals surface area (Å²) in [7, 11) is 1.74. The Kier molecular flexibility index (Phi) is 2.61. The van der Waals surface area contributed by atoms with Crippen LogP contribution in [-0.2, 0) is 10.2 Å². The smallest absolute Gasteiger partial charge is 0.159 e. The molecule has 1 aromatic carbocycles. The number of rotatable bonds is 4. The van der Waals surface area contributed by atoms with E-state index in [4.69, 9.17) is 4.74 Å². The van der Waals surface area contributed by atoms with Crippen LogP contribution < -0.4 is 0 Å². The second-order valence-electron chi connectivity index (χ2n) is 4.35. The highest BCUT2D eigenvalue weighted by Crippen LogP contribution is 2.48. The van der Waals surface area contributed by atoms with Crippen LogP contribution in [0.3, 0.4) is 0 Å². The first-order valence-corrected chi connectivity index (χ1v) is 5.28. The van der Waals surface area contributed by atoms with Crippen LogP contribution in [0.1, 0.15) is 35.7 Å². The van der Waals surface area contributed by atoms with Gasteiger partial charge < -0.3 is 4.74 Å². The molecule has 0 atom stereocenters. The zero-order valence-electron chi connectivity index (χ0n) is 9.25. The molecule has 0 aliphatic heterocycles. The Balaban J connectivity index is 2.20. The molecule has 1 aliphatic carbocycles. The number of hydrogen-bond donors (Lipinski definition) is 0. The predicted molar refractivity (Wildman–Crippen MR) is 59.2 cm³/mol. The minimum absolute atomic E-state index is 0.123. The van der Waals surface area contributed by atoms with Crippen molar-refractivity contribution in [3.63, 3.8) is 0 Å². The highest BCUT2D eigenvalue weighted by atomic mass is 16.5. The van der Waals surface area contributed by atoms with Gasteiger partial charge in [-0.15, -0.1) is 0 Å². The number of benzene rings is 1. The van der Waals surface area contributed by atoms with Crippen molar-refractivity contribution in [2.75, 3.05) is 13.7 Å². The molecule has 80 valence electrons. The maximum atomic E-state index is 11.1. The van der Waals surface area contributed by atoms with Crippen LogP contribution in [0.25, 0.3) is 0 Å². The molecule has 0 heterocycles. The Bertz CT molecular complexity index is 361. The quantitative estimate of drug-likeness (QED) is 0.704. The molecule has 0 radical (unpaired) electrons. The second-order valence-corrected chi connectivity index (χ2v) is 4.35. The Hall–Kier alpha value is -1.15. The largest absolute Gasteiger partial charge is 0.384 e. The first-order chi connectivity index (χ1) is 7.18. The van der Waals surface area contributed by atoms with Crippen molar-refractivity contribution in [1.29, 1.82) is 0 Å². The SMILES string of the molecule is COCC1(c2ccc(C(C)=O)cc2)CC1. The minimum atomic E-state index is 0.123. The lowest BCUT2D eigenvalue weighted by molar-refractivity contribution is 0.101. The van der Waals surface area contributed by atoms with Crippen molar-refractivity contribution in [2.24, 2.45) is 0 Å². The fourth-order valence-electron chi connectivity index (χ4n) is 2.00. The average molecular weight is 204 g/mol. The molecule has 1 fully saturated rings. The highest BCUT2D eigenvalue weighted by molar-refractivity contribution is 5.94. The van der Waals surface area contributed by atoms with Crippen LogP contribution in [0, 0.1) is 0 Å². The molecule has 0 spiro atoms. The van der Waals surface area contributed by atoms with Gasteiger partial charge in [0.15, 0.2) is 5.78 Å². The molecule has 0 aromatic heterocycles.